The highest BCUT2D eigenvalue weighted by molar-refractivity contribution is 7.03. The van der Waals surface area contributed by atoms with Gasteiger partial charge in [-0.2, -0.15) is 4.37 Å². The molecule has 8 heavy (non-hydrogen) atoms. The third kappa shape index (κ3) is 0.877. The van der Waals surface area contributed by atoms with Gasteiger partial charge in [0.2, 0.25) is 0 Å². The van der Waals surface area contributed by atoms with Crippen LogP contribution in [0, 0.1) is 6.92 Å². The summed E-state index contributed by atoms with van der Waals surface area (Å²) in [7, 11) is 0. The molecule has 0 amide bonds. The molecule has 1 N–H and O–H groups in total. The van der Waals surface area contributed by atoms with E-state index < -0.39 is 0 Å². The molecule has 0 saturated heterocycles. The van der Waals surface area contributed by atoms with Crippen LogP contribution in [0.4, 0.5) is 0 Å². The predicted octanol–water partition coefficient (Wildman–Crippen LogP) is 0.944. The molecule has 1 rings (SSSR count). The van der Waals surface area contributed by atoms with Gasteiger partial charge in [0, 0.05) is 5.38 Å². The van der Waals surface area contributed by atoms with Crippen LogP contribution in [-0.2, 0) is 6.61 Å². The second kappa shape index (κ2) is 2.24. The summed E-state index contributed by atoms with van der Waals surface area (Å²) in [5, 5.41) is 10.5. The second-order valence-corrected chi connectivity index (χ2v) is 2.23. The van der Waals surface area contributed by atoms with Gasteiger partial charge in [0.1, 0.15) is 0 Å². The summed E-state index contributed by atoms with van der Waals surface area (Å²) in [5.41, 5.74) is 1.88. The molecule has 1 aromatic rings. The molecule has 0 bridgehead atoms. The van der Waals surface area contributed by atoms with E-state index in [4.69, 9.17) is 5.11 Å². The summed E-state index contributed by atoms with van der Waals surface area (Å²) in [6, 6.07) is 0. The minimum Gasteiger partial charge on any atom is -0.390 e. The Kier molecular flexibility index (Phi) is 1.60. The Hall–Kier alpha value is -0.410. The van der Waals surface area contributed by atoms with Crippen molar-refractivity contribution in [1.29, 1.82) is 0 Å². The maximum absolute atomic E-state index is 8.55. The molecule has 44 valence electrons. The van der Waals surface area contributed by atoms with Crippen LogP contribution in [-0.4, -0.2) is 9.48 Å². The van der Waals surface area contributed by atoms with Gasteiger partial charge in [-0.05, 0) is 24.0 Å². The first-order chi connectivity index (χ1) is 3.84. The zero-order valence-electron chi connectivity index (χ0n) is 4.59. The van der Waals surface area contributed by atoms with Crippen molar-refractivity contribution >= 4 is 11.5 Å². The highest BCUT2D eigenvalue weighted by atomic mass is 32.1. The molecule has 0 aromatic carbocycles. The average molecular weight is 129 g/mol. The monoisotopic (exact) mass is 129 g/mol. The van der Waals surface area contributed by atoms with E-state index >= 15 is 0 Å². The minimum absolute atomic E-state index is 0.0648. The summed E-state index contributed by atoms with van der Waals surface area (Å²) in [6.07, 6.45) is 0. The van der Waals surface area contributed by atoms with E-state index in [1.165, 1.54) is 11.5 Å². The van der Waals surface area contributed by atoms with Gasteiger partial charge >= 0.3 is 0 Å². The quantitative estimate of drug-likeness (QED) is 0.612. The summed E-state index contributed by atoms with van der Waals surface area (Å²) >= 11 is 1.38. The molecule has 1 aromatic heterocycles. The number of rotatable bonds is 1. The summed E-state index contributed by atoms with van der Waals surface area (Å²) in [4.78, 5) is 0. The first-order valence-corrected chi connectivity index (χ1v) is 3.19. The van der Waals surface area contributed by atoms with Crippen molar-refractivity contribution in [2.24, 2.45) is 0 Å². The van der Waals surface area contributed by atoms with Gasteiger partial charge in [-0.25, -0.2) is 0 Å². The Morgan fingerprint density at radius 1 is 1.88 bits per heavy atom. The lowest BCUT2D eigenvalue weighted by Gasteiger charge is -1.85. The number of nitrogens with zero attached hydrogens (tertiary/aromatic N) is 1. The number of hydrogen-bond donors (Lipinski definition) is 1. The van der Waals surface area contributed by atoms with Crippen molar-refractivity contribution in [2.75, 3.05) is 0 Å². The van der Waals surface area contributed by atoms with Crippen molar-refractivity contribution in [3.63, 3.8) is 0 Å². The summed E-state index contributed by atoms with van der Waals surface area (Å²) in [6.45, 7) is 2.00. The van der Waals surface area contributed by atoms with Crippen LogP contribution in [0.15, 0.2) is 5.38 Å². The maximum atomic E-state index is 8.55. The fourth-order valence-corrected chi connectivity index (χ4v) is 1.14. The van der Waals surface area contributed by atoms with E-state index in [-0.39, 0.29) is 6.61 Å². The van der Waals surface area contributed by atoms with Gasteiger partial charge in [-0.15, -0.1) is 0 Å². The number of aromatic nitrogens is 1. The van der Waals surface area contributed by atoms with Crippen LogP contribution in [0.3, 0.4) is 0 Å². The Bertz CT molecular complexity index is 173. The van der Waals surface area contributed by atoms with Crippen LogP contribution >= 0.6 is 11.5 Å². The van der Waals surface area contributed by atoms with Gasteiger partial charge < -0.3 is 5.11 Å². The van der Waals surface area contributed by atoms with Gasteiger partial charge in [-0.1, -0.05) is 0 Å². The molecule has 0 aliphatic carbocycles. The zero-order valence-corrected chi connectivity index (χ0v) is 5.40. The maximum Gasteiger partial charge on any atom is 0.0866 e. The molecule has 2 nitrogen and oxygen atoms in total. The Balaban J connectivity index is 2.92. The van der Waals surface area contributed by atoms with Crippen LogP contribution < -0.4 is 0 Å². The fraction of sp³-hybridized carbons (Fsp3) is 0.400. The first-order valence-electron chi connectivity index (χ1n) is 2.35. The van der Waals surface area contributed by atoms with Crippen molar-refractivity contribution < 1.29 is 5.11 Å². The normalized spacial score (nSPS) is 9.75. The molecule has 1 heterocycles. The molecule has 0 radical (unpaired) electrons. The van der Waals surface area contributed by atoms with Crippen LogP contribution in [0.25, 0.3) is 0 Å². The average Bonchev–Trinajstić information content (AvgIpc) is 2.14. The van der Waals surface area contributed by atoms with E-state index in [9.17, 15) is 0 Å². The van der Waals surface area contributed by atoms with E-state index in [0.29, 0.717) is 0 Å². The lowest BCUT2D eigenvalue weighted by atomic mass is 10.3. The van der Waals surface area contributed by atoms with Crippen molar-refractivity contribution in [1.82, 2.24) is 4.37 Å². The zero-order chi connectivity index (χ0) is 5.98. The SMILES string of the molecule is Cc1csnc1CO. The molecular formula is C5H7NOS. The summed E-state index contributed by atoms with van der Waals surface area (Å²) < 4.78 is 3.93. The molecule has 0 aliphatic heterocycles. The van der Waals surface area contributed by atoms with Crippen molar-refractivity contribution in [3.8, 4) is 0 Å². The van der Waals surface area contributed by atoms with Crippen LogP contribution in [0.1, 0.15) is 11.3 Å². The number of aliphatic hydroxyl groups is 1. The van der Waals surface area contributed by atoms with Crippen LogP contribution in [0.5, 0.6) is 0 Å². The lowest BCUT2D eigenvalue weighted by Crippen LogP contribution is -1.83. The third-order valence-corrected chi connectivity index (χ3v) is 1.78. The molecule has 3 heteroatoms. The Labute approximate surface area is 52.0 Å². The van der Waals surface area contributed by atoms with Crippen LogP contribution in [0.2, 0.25) is 0 Å². The highest BCUT2D eigenvalue weighted by Crippen LogP contribution is 2.07. The minimum atomic E-state index is 0.0648. The van der Waals surface area contributed by atoms with Gasteiger partial charge in [-0.3, -0.25) is 0 Å². The van der Waals surface area contributed by atoms with Crippen molar-refractivity contribution in [2.45, 2.75) is 13.5 Å². The number of hydrogen-bond acceptors (Lipinski definition) is 3. The standard InChI is InChI=1S/C5H7NOS/c1-4-3-8-6-5(4)2-7/h3,7H,2H2,1H3. The topological polar surface area (TPSA) is 33.1 Å². The molecule has 0 aliphatic rings. The van der Waals surface area contributed by atoms with E-state index in [1.54, 1.807) is 0 Å². The Morgan fingerprint density at radius 2 is 2.62 bits per heavy atom. The Morgan fingerprint density at radius 3 is 2.88 bits per heavy atom. The van der Waals surface area contributed by atoms with E-state index in [2.05, 4.69) is 4.37 Å². The molecule has 0 unspecified atom stereocenters. The van der Waals surface area contributed by atoms with E-state index in [1.807, 2.05) is 12.3 Å². The van der Waals surface area contributed by atoms with Gasteiger partial charge in [0.15, 0.2) is 0 Å². The van der Waals surface area contributed by atoms with Gasteiger partial charge in [0.25, 0.3) is 0 Å². The second-order valence-electron chi connectivity index (χ2n) is 1.60. The van der Waals surface area contributed by atoms with E-state index in [0.717, 1.165) is 11.3 Å². The largest absolute Gasteiger partial charge is 0.390 e. The fourth-order valence-electron chi connectivity index (χ4n) is 0.463. The smallest absolute Gasteiger partial charge is 0.0866 e. The summed E-state index contributed by atoms with van der Waals surface area (Å²) in [5.74, 6) is 0. The molecule has 0 fully saturated rings. The van der Waals surface area contributed by atoms with Gasteiger partial charge in [0.05, 0.1) is 12.3 Å². The highest BCUT2D eigenvalue weighted by Gasteiger charge is 1.95. The third-order valence-electron chi connectivity index (χ3n) is 0.997. The first kappa shape index (κ1) is 5.72. The number of aryl methyl sites for hydroxylation is 1. The molecule has 0 spiro atoms. The molecule has 0 saturated carbocycles. The molecular weight excluding hydrogens is 122 g/mol. The van der Waals surface area contributed by atoms with Crippen molar-refractivity contribution in [3.05, 3.63) is 16.6 Å². The molecule has 0 atom stereocenters. The lowest BCUT2D eigenvalue weighted by molar-refractivity contribution is 0.277. The number of aliphatic hydroxyl groups excluding tert-OH is 1. The predicted molar refractivity (Wildman–Crippen MR) is 32.8 cm³/mol.